The second-order valence-corrected chi connectivity index (χ2v) is 4.00. The van der Waals surface area contributed by atoms with Gasteiger partial charge >= 0.3 is 12.1 Å². The van der Waals surface area contributed by atoms with Gasteiger partial charge in [0.2, 0.25) is 0 Å². The molecule has 18 heavy (non-hydrogen) atoms. The number of carbonyl (C=O) groups excluding carboxylic acids is 2. The van der Waals surface area contributed by atoms with E-state index in [1.54, 1.807) is 13.8 Å². The highest BCUT2D eigenvalue weighted by molar-refractivity contribution is 6.19. The van der Waals surface area contributed by atoms with Crippen molar-refractivity contribution in [3.8, 4) is 0 Å². The van der Waals surface area contributed by atoms with Crippen LogP contribution < -0.4 is 0 Å². The van der Waals surface area contributed by atoms with E-state index < -0.39 is 35.7 Å². The molecular weight excluding hydrogens is 253 g/mol. The highest BCUT2D eigenvalue weighted by Gasteiger charge is 2.44. The number of halogens is 3. The number of esters is 1. The molecule has 0 saturated carbocycles. The molecule has 7 heteroatoms. The molecule has 0 saturated heterocycles. The Hall–Kier alpha value is -1.53. The van der Waals surface area contributed by atoms with Crippen molar-refractivity contribution in [1.82, 2.24) is 0 Å². The molecule has 104 valence electrons. The van der Waals surface area contributed by atoms with Crippen LogP contribution in [0.4, 0.5) is 13.2 Å². The van der Waals surface area contributed by atoms with Crippen LogP contribution in [0.5, 0.6) is 0 Å². The summed E-state index contributed by atoms with van der Waals surface area (Å²) in [5, 5.41) is 0. The fourth-order valence-electron chi connectivity index (χ4n) is 0.829. The van der Waals surface area contributed by atoms with E-state index in [9.17, 15) is 22.8 Å². The van der Waals surface area contributed by atoms with E-state index in [4.69, 9.17) is 4.74 Å². The lowest BCUT2D eigenvalue weighted by molar-refractivity contribution is -0.169. The largest absolute Gasteiger partial charge is 0.498 e. The molecule has 0 aromatic carbocycles. The van der Waals surface area contributed by atoms with Crippen LogP contribution in [0.2, 0.25) is 0 Å². The smallest absolute Gasteiger partial charge is 0.455 e. The number of ether oxygens (including phenoxy) is 2. The number of Topliss-reactive ketones (excluding diaryl/α,β-unsaturated/α-hetero) is 1. The van der Waals surface area contributed by atoms with E-state index in [-0.39, 0.29) is 0 Å². The molecule has 0 aliphatic rings. The van der Waals surface area contributed by atoms with Gasteiger partial charge in [0, 0.05) is 0 Å². The third kappa shape index (κ3) is 5.70. The van der Waals surface area contributed by atoms with Crippen LogP contribution in [-0.2, 0) is 19.1 Å². The van der Waals surface area contributed by atoms with Crippen molar-refractivity contribution in [3.05, 3.63) is 11.8 Å². The molecule has 0 N–H and O–H groups in total. The van der Waals surface area contributed by atoms with Gasteiger partial charge in [0.15, 0.2) is 0 Å². The van der Waals surface area contributed by atoms with Crippen LogP contribution >= 0.6 is 0 Å². The summed E-state index contributed by atoms with van der Waals surface area (Å²) >= 11 is 0. The molecule has 0 bridgehead atoms. The van der Waals surface area contributed by atoms with Crippen molar-refractivity contribution < 1.29 is 32.2 Å². The maximum Gasteiger partial charge on any atom is 0.455 e. The number of hydrogen-bond donors (Lipinski definition) is 0. The second-order valence-electron chi connectivity index (χ2n) is 4.00. The molecule has 0 fully saturated rings. The number of carbonyl (C=O) groups is 2. The summed E-state index contributed by atoms with van der Waals surface area (Å²) < 4.78 is 46.1. The van der Waals surface area contributed by atoms with Gasteiger partial charge in [-0.2, -0.15) is 13.2 Å². The molecule has 0 amide bonds. The van der Waals surface area contributed by atoms with Gasteiger partial charge in [-0.15, -0.1) is 0 Å². The SMILES string of the molecule is CC(C)OC=C(C(=O)OC(C)C)C(=O)C(F)(F)F. The first-order valence-electron chi connectivity index (χ1n) is 5.23. The fraction of sp³-hybridized carbons (Fsp3) is 0.636. The Morgan fingerprint density at radius 3 is 1.89 bits per heavy atom. The van der Waals surface area contributed by atoms with Gasteiger partial charge < -0.3 is 9.47 Å². The lowest BCUT2D eigenvalue weighted by atomic mass is 10.2. The maximum atomic E-state index is 12.3. The number of hydrogen-bond acceptors (Lipinski definition) is 4. The molecule has 0 aromatic heterocycles. The number of rotatable bonds is 5. The van der Waals surface area contributed by atoms with Gasteiger partial charge in [-0.05, 0) is 27.7 Å². The predicted molar refractivity (Wildman–Crippen MR) is 56.6 cm³/mol. The lowest BCUT2D eigenvalue weighted by Crippen LogP contribution is -2.30. The summed E-state index contributed by atoms with van der Waals surface area (Å²) in [6.45, 7) is 5.99. The minimum absolute atomic E-state index is 0.465. The predicted octanol–water partition coefficient (Wildman–Crippen LogP) is 2.38. The van der Waals surface area contributed by atoms with Crippen LogP contribution in [0.3, 0.4) is 0 Å². The molecule has 0 spiro atoms. The Labute approximate surface area is 103 Å². The minimum Gasteiger partial charge on any atom is -0.498 e. The molecule has 0 aliphatic carbocycles. The summed E-state index contributed by atoms with van der Waals surface area (Å²) in [4.78, 5) is 22.4. The van der Waals surface area contributed by atoms with Gasteiger partial charge in [-0.25, -0.2) is 4.79 Å². The molecule has 4 nitrogen and oxygen atoms in total. The maximum absolute atomic E-state index is 12.3. The second kappa shape index (κ2) is 6.42. The summed E-state index contributed by atoms with van der Waals surface area (Å²) in [6, 6.07) is 0. The first-order valence-corrected chi connectivity index (χ1v) is 5.23. The summed E-state index contributed by atoms with van der Waals surface area (Å²) in [5.41, 5.74) is -1.16. The van der Waals surface area contributed by atoms with Gasteiger partial charge in [0.05, 0.1) is 12.2 Å². The van der Waals surface area contributed by atoms with E-state index in [1.807, 2.05) is 0 Å². The zero-order valence-corrected chi connectivity index (χ0v) is 10.5. The first kappa shape index (κ1) is 16.5. The summed E-state index contributed by atoms with van der Waals surface area (Å²) in [5.74, 6) is -3.64. The summed E-state index contributed by atoms with van der Waals surface area (Å²) in [7, 11) is 0. The van der Waals surface area contributed by atoms with E-state index in [2.05, 4.69) is 4.74 Å². The third-order valence-corrected chi connectivity index (χ3v) is 1.52. The molecule has 0 unspecified atom stereocenters. The zero-order chi connectivity index (χ0) is 14.5. The van der Waals surface area contributed by atoms with Crippen LogP contribution in [0.1, 0.15) is 27.7 Å². The van der Waals surface area contributed by atoms with Crippen molar-refractivity contribution in [3.63, 3.8) is 0 Å². The quantitative estimate of drug-likeness (QED) is 0.252. The van der Waals surface area contributed by atoms with E-state index in [0.29, 0.717) is 6.26 Å². The van der Waals surface area contributed by atoms with Gasteiger partial charge in [0.1, 0.15) is 11.8 Å². The molecule has 0 aliphatic heterocycles. The average Bonchev–Trinajstić information content (AvgIpc) is 2.14. The average molecular weight is 268 g/mol. The van der Waals surface area contributed by atoms with Crippen LogP contribution in [-0.4, -0.2) is 30.1 Å². The number of alkyl halides is 3. The molecule has 0 radical (unpaired) electrons. The van der Waals surface area contributed by atoms with Crippen molar-refractivity contribution in [2.75, 3.05) is 0 Å². The van der Waals surface area contributed by atoms with E-state index in [0.717, 1.165) is 0 Å². The first-order chi connectivity index (χ1) is 8.05. The van der Waals surface area contributed by atoms with Gasteiger partial charge in [0.25, 0.3) is 5.78 Å². The standard InChI is InChI=1S/C11H15F3O4/c1-6(2)17-5-8(9(15)11(12,13)14)10(16)18-7(3)4/h5-7H,1-4H3. The molecule has 0 heterocycles. The third-order valence-electron chi connectivity index (χ3n) is 1.52. The van der Waals surface area contributed by atoms with Crippen molar-refractivity contribution in [2.24, 2.45) is 0 Å². The van der Waals surface area contributed by atoms with Crippen molar-refractivity contribution in [2.45, 2.75) is 46.1 Å². The van der Waals surface area contributed by atoms with Crippen LogP contribution in [0.25, 0.3) is 0 Å². The molecular formula is C11H15F3O4. The number of ketones is 1. The Bertz CT molecular complexity index is 343. The van der Waals surface area contributed by atoms with Crippen LogP contribution in [0, 0.1) is 0 Å². The highest BCUT2D eigenvalue weighted by atomic mass is 19.4. The normalized spacial score (nSPS) is 12.8. The zero-order valence-electron chi connectivity index (χ0n) is 10.5. The Morgan fingerprint density at radius 1 is 1.06 bits per heavy atom. The highest BCUT2D eigenvalue weighted by Crippen LogP contribution is 2.22. The minimum atomic E-state index is -5.15. The fourth-order valence-corrected chi connectivity index (χ4v) is 0.829. The molecule has 0 aromatic rings. The topological polar surface area (TPSA) is 52.6 Å². The van der Waals surface area contributed by atoms with Gasteiger partial charge in [-0.3, -0.25) is 4.79 Å². The van der Waals surface area contributed by atoms with Crippen molar-refractivity contribution in [1.29, 1.82) is 0 Å². The molecule has 0 rings (SSSR count). The Morgan fingerprint density at radius 2 is 1.56 bits per heavy atom. The molecule has 0 atom stereocenters. The van der Waals surface area contributed by atoms with E-state index >= 15 is 0 Å². The van der Waals surface area contributed by atoms with Crippen LogP contribution in [0.15, 0.2) is 11.8 Å². The van der Waals surface area contributed by atoms with Crippen molar-refractivity contribution >= 4 is 11.8 Å². The Kier molecular flexibility index (Phi) is 5.87. The monoisotopic (exact) mass is 268 g/mol. The Balaban J connectivity index is 5.13. The van der Waals surface area contributed by atoms with E-state index in [1.165, 1.54) is 13.8 Å². The van der Waals surface area contributed by atoms with Gasteiger partial charge in [-0.1, -0.05) is 0 Å². The lowest BCUT2D eigenvalue weighted by Gasteiger charge is -2.12. The summed E-state index contributed by atoms with van der Waals surface area (Å²) in [6.07, 6.45) is -5.76.